The molecular formula is C13H23NO. The van der Waals surface area contributed by atoms with Crippen LogP contribution in [0.1, 0.15) is 46.0 Å². The summed E-state index contributed by atoms with van der Waals surface area (Å²) in [5.41, 5.74) is 0. The highest BCUT2D eigenvalue weighted by molar-refractivity contribution is 5.76. The van der Waals surface area contributed by atoms with Gasteiger partial charge in [-0.2, -0.15) is 0 Å². The van der Waals surface area contributed by atoms with Crippen molar-refractivity contribution in [1.29, 1.82) is 0 Å². The minimum absolute atomic E-state index is 0.336. The first kappa shape index (κ1) is 12.3. The van der Waals surface area contributed by atoms with E-state index in [4.69, 9.17) is 0 Å². The second-order valence-electron chi connectivity index (χ2n) is 4.30. The van der Waals surface area contributed by atoms with Crippen molar-refractivity contribution in [2.45, 2.75) is 46.0 Å². The van der Waals surface area contributed by atoms with Crippen molar-refractivity contribution < 1.29 is 4.79 Å². The maximum absolute atomic E-state index is 11.9. The van der Waals surface area contributed by atoms with E-state index >= 15 is 0 Å². The standard InChI is InChI=1S/C13H23NO/c1-3-5-10-14(4-2)13(15)11-12-8-6-7-9-12/h6,8,12H,3-5,7,9-11H2,1-2H3. The first-order valence-electron chi connectivity index (χ1n) is 6.22. The number of hydrogen-bond donors (Lipinski definition) is 0. The highest BCUT2D eigenvalue weighted by Crippen LogP contribution is 2.21. The highest BCUT2D eigenvalue weighted by atomic mass is 16.2. The smallest absolute Gasteiger partial charge is 0.223 e. The lowest BCUT2D eigenvalue weighted by Gasteiger charge is -2.21. The molecule has 2 heteroatoms. The average molecular weight is 209 g/mol. The van der Waals surface area contributed by atoms with Crippen LogP contribution in [0.15, 0.2) is 12.2 Å². The molecule has 1 aliphatic carbocycles. The number of nitrogens with zero attached hydrogens (tertiary/aromatic N) is 1. The molecule has 0 saturated carbocycles. The summed E-state index contributed by atoms with van der Waals surface area (Å²) < 4.78 is 0. The molecule has 0 aromatic heterocycles. The molecule has 0 aromatic rings. The van der Waals surface area contributed by atoms with E-state index in [0.717, 1.165) is 38.8 Å². The minimum Gasteiger partial charge on any atom is -0.343 e. The fourth-order valence-electron chi connectivity index (χ4n) is 2.03. The fraction of sp³-hybridized carbons (Fsp3) is 0.769. The molecule has 1 rings (SSSR count). The third-order valence-corrected chi connectivity index (χ3v) is 3.07. The summed E-state index contributed by atoms with van der Waals surface area (Å²) in [6.07, 6.45) is 9.71. The van der Waals surface area contributed by atoms with E-state index in [9.17, 15) is 4.79 Å². The molecule has 0 spiro atoms. The van der Waals surface area contributed by atoms with Crippen molar-refractivity contribution in [3.8, 4) is 0 Å². The summed E-state index contributed by atoms with van der Waals surface area (Å²) >= 11 is 0. The van der Waals surface area contributed by atoms with Gasteiger partial charge in [-0.1, -0.05) is 25.5 Å². The summed E-state index contributed by atoms with van der Waals surface area (Å²) in [5, 5.41) is 0. The summed E-state index contributed by atoms with van der Waals surface area (Å²) in [7, 11) is 0. The number of amides is 1. The lowest BCUT2D eigenvalue weighted by atomic mass is 10.0. The van der Waals surface area contributed by atoms with Gasteiger partial charge >= 0.3 is 0 Å². The fourth-order valence-corrected chi connectivity index (χ4v) is 2.03. The van der Waals surface area contributed by atoms with Gasteiger partial charge in [-0.3, -0.25) is 4.79 Å². The third-order valence-electron chi connectivity index (χ3n) is 3.07. The van der Waals surface area contributed by atoms with Crippen LogP contribution >= 0.6 is 0 Å². The first-order chi connectivity index (χ1) is 7.27. The molecule has 0 aliphatic heterocycles. The normalized spacial score (nSPS) is 19.5. The maximum Gasteiger partial charge on any atom is 0.223 e. The Morgan fingerprint density at radius 3 is 2.80 bits per heavy atom. The molecule has 86 valence electrons. The Kier molecular flexibility index (Phi) is 5.44. The van der Waals surface area contributed by atoms with Gasteiger partial charge in [0, 0.05) is 19.5 Å². The van der Waals surface area contributed by atoms with Gasteiger partial charge in [0.05, 0.1) is 0 Å². The Morgan fingerprint density at radius 1 is 1.47 bits per heavy atom. The van der Waals surface area contributed by atoms with E-state index in [0.29, 0.717) is 18.2 Å². The van der Waals surface area contributed by atoms with Gasteiger partial charge in [0.25, 0.3) is 0 Å². The van der Waals surface area contributed by atoms with Crippen molar-refractivity contribution in [2.75, 3.05) is 13.1 Å². The Hall–Kier alpha value is -0.790. The second kappa shape index (κ2) is 6.65. The van der Waals surface area contributed by atoms with Gasteiger partial charge in [0.2, 0.25) is 5.91 Å². The topological polar surface area (TPSA) is 20.3 Å². The predicted octanol–water partition coefficient (Wildman–Crippen LogP) is 2.99. The van der Waals surface area contributed by atoms with Gasteiger partial charge in [0.15, 0.2) is 0 Å². The minimum atomic E-state index is 0.336. The molecule has 1 aliphatic rings. The molecule has 0 bridgehead atoms. The molecule has 0 N–H and O–H groups in total. The van der Waals surface area contributed by atoms with Crippen LogP contribution in [0.2, 0.25) is 0 Å². The first-order valence-corrected chi connectivity index (χ1v) is 6.22. The predicted molar refractivity (Wildman–Crippen MR) is 63.6 cm³/mol. The van der Waals surface area contributed by atoms with Crippen molar-refractivity contribution in [3.05, 3.63) is 12.2 Å². The number of carbonyl (C=O) groups excluding carboxylic acids is 1. The summed E-state index contributed by atoms with van der Waals surface area (Å²) in [6.45, 7) is 6.02. The molecule has 15 heavy (non-hydrogen) atoms. The molecule has 1 unspecified atom stereocenters. The second-order valence-corrected chi connectivity index (χ2v) is 4.30. The van der Waals surface area contributed by atoms with Crippen LogP contribution in [-0.4, -0.2) is 23.9 Å². The zero-order chi connectivity index (χ0) is 11.1. The molecule has 1 amide bonds. The van der Waals surface area contributed by atoms with Crippen molar-refractivity contribution in [3.63, 3.8) is 0 Å². The zero-order valence-corrected chi connectivity index (χ0v) is 10.0. The van der Waals surface area contributed by atoms with Crippen LogP contribution in [-0.2, 0) is 4.79 Å². The lowest BCUT2D eigenvalue weighted by molar-refractivity contribution is -0.131. The van der Waals surface area contributed by atoms with E-state index < -0.39 is 0 Å². The maximum atomic E-state index is 11.9. The average Bonchev–Trinajstić information content (AvgIpc) is 2.71. The Labute approximate surface area is 93.3 Å². The van der Waals surface area contributed by atoms with Gasteiger partial charge in [-0.05, 0) is 32.1 Å². The van der Waals surface area contributed by atoms with Crippen molar-refractivity contribution in [2.24, 2.45) is 5.92 Å². The van der Waals surface area contributed by atoms with Crippen LogP contribution in [0.4, 0.5) is 0 Å². The molecule has 2 nitrogen and oxygen atoms in total. The van der Waals surface area contributed by atoms with E-state index in [2.05, 4.69) is 26.0 Å². The van der Waals surface area contributed by atoms with Gasteiger partial charge in [0.1, 0.15) is 0 Å². The molecule has 0 aromatic carbocycles. The van der Waals surface area contributed by atoms with E-state index in [1.54, 1.807) is 0 Å². The summed E-state index contributed by atoms with van der Waals surface area (Å²) in [6, 6.07) is 0. The lowest BCUT2D eigenvalue weighted by Crippen LogP contribution is -2.32. The Morgan fingerprint density at radius 2 is 2.27 bits per heavy atom. The van der Waals surface area contributed by atoms with Crippen LogP contribution in [0, 0.1) is 5.92 Å². The Bertz CT molecular complexity index is 223. The number of rotatable bonds is 6. The largest absolute Gasteiger partial charge is 0.343 e. The molecular weight excluding hydrogens is 186 g/mol. The van der Waals surface area contributed by atoms with Crippen LogP contribution < -0.4 is 0 Å². The van der Waals surface area contributed by atoms with Crippen LogP contribution in [0.25, 0.3) is 0 Å². The van der Waals surface area contributed by atoms with E-state index in [1.165, 1.54) is 0 Å². The number of hydrogen-bond acceptors (Lipinski definition) is 1. The van der Waals surface area contributed by atoms with Gasteiger partial charge in [-0.15, -0.1) is 0 Å². The van der Waals surface area contributed by atoms with Gasteiger partial charge in [-0.25, -0.2) is 0 Å². The SMILES string of the molecule is CCCCN(CC)C(=O)CC1C=CCC1. The highest BCUT2D eigenvalue weighted by Gasteiger charge is 2.17. The molecule has 0 saturated heterocycles. The summed E-state index contributed by atoms with van der Waals surface area (Å²) in [4.78, 5) is 13.9. The van der Waals surface area contributed by atoms with Gasteiger partial charge < -0.3 is 4.90 Å². The monoisotopic (exact) mass is 209 g/mol. The molecule has 0 heterocycles. The van der Waals surface area contributed by atoms with Crippen LogP contribution in [0.3, 0.4) is 0 Å². The molecule has 0 radical (unpaired) electrons. The third kappa shape index (κ3) is 4.06. The molecule has 0 fully saturated rings. The number of unbranched alkanes of at least 4 members (excludes halogenated alkanes) is 1. The van der Waals surface area contributed by atoms with E-state index in [-0.39, 0.29) is 0 Å². The van der Waals surface area contributed by atoms with Crippen LogP contribution in [0.5, 0.6) is 0 Å². The van der Waals surface area contributed by atoms with E-state index in [1.807, 2.05) is 4.90 Å². The van der Waals surface area contributed by atoms with Crippen molar-refractivity contribution in [1.82, 2.24) is 4.90 Å². The van der Waals surface area contributed by atoms with Crippen molar-refractivity contribution >= 4 is 5.91 Å². The molecule has 1 atom stereocenters. The number of allylic oxidation sites excluding steroid dienone is 2. The zero-order valence-electron chi connectivity index (χ0n) is 10.0. The quantitative estimate of drug-likeness (QED) is 0.616. The summed E-state index contributed by atoms with van der Waals surface area (Å²) in [5.74, 6) is 0.843. The number of carbonyl (C=O) groups is 1. The Balaban J connectivity index is 2.31.